The molecule has 1 amide bonds. The molecule has 0 bridgehead atoms. The number of carboxylic acid groups (broad SMARTS) is 1. The molecular formula is C34H43N3O3. The average Bonchev–Trinajstić information content (AvgIpc) is 2.88. The number of amidine groups is 1. The van der Waals surface area contributed by atoms with Crippen LogP contribution in [0.3, 0.4) is 0 Å². The molecule has 0 aliphatic rings. The van der Waals surface area contributed by atoms with Gasteiger partial charge in [0.05, 0.1) is 13.0 Å². The predicted octanol–water partition coefficient (Wildman–Crippen LogP) is 6.83. The van der Waals surface area contributed by atoms with Crippen LogP contribution >= 0.6 is 0 Å². The van der Waals surface area contributed by atoms with Gasteiger partial charge >= 0.3 is 5.97 Å². The molecule has 6 nitrogen and oxygen atoms in total. The number of amides is 1. The fraction of sp³-hybridized carbons (Fsp3) is 0.382. The van der Waals surface area contributed by atoms with Crippen molar-refractivity contribution in [1.82, 2.24) is 9.91 Å². The molecule has 3 aromatic rings. The zero-order chi connectivity index (χ0) is 29.3. The first-order chi connectivity index (χ1) is 19.0. The predicted molar refractivity (Wildman–Crippen MR) is 163 cm³/mol. The molecule has 0 aliphatic carbocycles. The van der Waals surface area contributed by atoms with Crippen molar-refractivity contribution in [3.8, 4) is 11.1 Å². The Morgan fingerprint density at radius 1 is 0.950 bits per heavy atom. The summed E-state index contributed by atoms with van der Waals surface area (Å²) in [4.78, 5) is 24.5. The van der Waals surface area contributed by atoms with Crippen molar-refractivity contribution >= 4 is 18.2 Å². The largest absolute Gasteiger partial charge is 0.481 e. The molecule has 6 heteroatoms. The van der Waals surface area contributed by atoms with Crippen LogP contribution in [0.25, 0.3) is 11.1 Å². The lowest BCUT2D eigenvalue weighted by molar-refractivity contribution is -0.136. The third kappa shape index (κ3) is 8.80. The Morgan fingerprint density at radius 2 is 1.65 bits per heavy atom. The summed E-state index contributed by atoms with van der Waals surface area (Å²) in [7, 11) is 1.95. The molecule has 0 radical (unpaired) electrons. The van der Waals surface area contributed by atoms with E-state index < -0.39 is 5.97 Å². The lowest BCUT2D eigenvalue weighted by Gasteiger charge is -2.24. The number of hydrogen-bond acceptors (Lipinski definition) is 4. The Kier molecular flexibility index (Phi) is 10.7. The SMILES string of the molecule is CCN(C=O)/C(CCCc1ccc(-c2cccc(CC(=O)O)c2)cc1)=N\N(C)Cc1ccc(C(C)(C)C)c(C)c1. The molecule has 3 rings (SSSR count). The van der Waals surface area contributed by atoms with Gasteiger partial charge in [-0.15, -0.1) is 0 Å². The van der Waals surface area contributed by atoms with Crippen molar-refractivity contribution in [2.45, 2.75) is 72.3 Å². The first-order valence-corrected chi connectivity index (χ1v) is 14.0. The summed E-state index contributed by atoms with van der Waals surface area (Å²) in [6.45, 7) is 12.1. The lowest BCUT2D eigenvalue weighted by atomic mass is 9.83. The number of carboxylic acids is 1. The van der Waals surface area contributed by atoms with Crippen LogP contribution in [0.1, 0.15) is 68.4 Å². The van der Waals surface area contributed by atoms with E-state index in [4.69, 9.17) is 10.2 Å². The van der Waals surface area contributed by atoms with E-state index in [9.17, 15) is 9.59 Å². The second-order valence-electron chi connectivity index (χ2n) is 11.4. The minimum absolute atomic E-state index is 0.0175. The number of nitrogens with zero attached hydrogens (tertiary/aromatic N) is 3. The van der Waals surface area contributed by atoms with Crippen LogP contribution < -0.4 is 0 Å². The number of benzene rings is 3. The molecule has 0 saturated heterocycles. The van der Waals surface area contributed by atoms with Gasteiger partial charge in [-0.25, -0.2) is 0 Å². The first kappa shape index (κ1) is 30.6. The van der Waals surface area contributed by atoms with Gasteiger partial charge in [0.2, 0.25) is 6.41 Å². The van der Waals surface area contributed by atoms with Gasteiger partial charge in [-0.3, -0.25) is 14.6 Å². The minimum atomic E-state index is -0.831. The number of carbonyl (C=O) groups is 2. The number of hydrazone groups is 1. The van der Waals surface area contributed by atoms with Crippen LogP contribution in [0.5, 0.6) is 0 Å². The Morgan fingerprint density at radius 3 is 2.25 bits per heavy atom. The highest BCUT2D eigenvalue weighted by Crippen LogP contribution is 2.26. The fourth-order valence-corrected chi connectivity index (χ4v) is 5.08. The lowest BCUT2D eigenvalue weighted by Crippen LogP contribution is -2.31. The Bertz CT molecular complexity index is 1320. The summed E-state index contributed by atoms with van der Waals surface area (Å²) >= 11 is 0. The van der Waals surface area contributed by atoms with Crippen LogP contribution in [0.4, 0.5) is 0 Å². The molecule has 0 heterocycles. The van der Waals surface area contributed by atoms with Gasteiger partial charge in [0.15, 0.2) is 0 Å². The molecule has 0 aromatic heterocycles. The molecule has 0 saturated carbocycles. The molecule has 0 aliphatic heterocycles. The summed E-state index contributed by atoms with van der Waals surface area (Å²) in [6.07, 6.45) is 3.31. The molecule has 0 spiro atoms. The minimum Gasteiger partial charge on any atom is -0.481 e. The smallest absolute Gasteiger partial charge is 0.307 e. The second kappa shape index (κ2) is 13.9. The molecular weight excluding hydrogens is 498 g/mol. The standard InChI is InChI=1S/C34H43N3O3/c1-7-37(24-38)32(35-36(6)23-28-16-19-31(25(2)20-28)34(3,4)5)13-9-10-26-14-17-29(18-15-26)30-12-8-11-27(21-30)22-33(39)40/h8,11-12,14-21,24H,7,9-10,13,22-23H2,1-6H3,(H,39,40)/b35-32-. The first-order valence-electron chi connectivity index (χ1n) is 14.0. The molecule has 1 N–H and O–H groups in total. The number of aryl methyl sites for hydroxylation is 2. The van der Waals surface area contributed by atoms with Crippen LogP contribution in [-0.2, 0) is 34.4 Å². The average molecular weight is 542 g/mol. The summed E-state index contributed by atoms with van der Waals surface area (Å²) in [5.41, 5.74) is 8.00. The van der Waals surface area contributed by atoms with Crippen molar-refractivity contribution in [3.05, 3.63) is 94.5 Å². The summed E-state index contributed by atoms with van der Waals surface area (Å²) in [6, 6.07) is 22.7. The van der Waals surface area contributed by atoms with Gasteiger partial charge in [-0.05, 0) is 71.0 Å². The monoisotopic (exact) mass is 541 g/mol. The third-order valence-electron chi connectivity index (χ3n) is 7.03. The van der Waals surface area contributed by atoms with E-state index in [0.29, 0.717) is 19.5 Å². The van der Waals surface area contributed by atoms with E-state index in [1.807, 2.05) is 43.2 Å². The zero-order valence-electron chi connectivity index (χ0n) is 24.8. The number of aliphatic carboxylic acids is 1. The van der Waals surface area contributed by atoms with Gasteiger partial charge in [-0.2, -0.15) is 5.10 Å². The van der Waals surface area contributed by atoms with Crippen LogP contribution in [-0.4, -0.2) is 46.8 Å². The van der Waals surface area contributed by atoms with E-state index in [0.717, 1.165) is 41.8 Å². The maximum absolute atomic E-state index is 11.8. The normalized spacial score (nSPS) is 11.8. The van der Waals surface area contributed by atoms with E-state index in [-0.39, 0.29) is 11.8 Å². The van der Waals surface area contributed by atoms with Crippen LogP contribution in [0.15, 0.2) is 71.8 Å². The van der Waals surface area contributed by atoms with E-state index in [1.165, 1.54) is 22.3 Å². The van der Waals surface area contributed by atoms with Gasteiger partial charge in [-0.1, -0.05) is 87.5 Å². The highest BCUT2D eigenvalue weighted by molar-refractivity contribution is 5.90. The second-order valence-corrected chi connectivity index (χ2v) is 11.4. The number of rotatable bonds is 12. The summed E-state index contributed by atoms with van der Waals surface area (Å²) in [5.74, 6) is -0.0578. The van der Waals surface area contributed by atoms with Crippen molar-refractivity contribution in [1.29, 1.82) is 0 Å². The van der Waals surface area contributed by atoms with Crippen LogP contribution in [0.2, 0.25) is 0 Å². The van der Waals surface area contributed by atoms with Gasteiger partial charge in [0.1, 0.15) is 5.84 Å². The Labute approximate surface area is 239 Å². The highest BCUT2D eigenvalue weighted by atomic mass is 16.4. The van der Waals surface area contributed by atoms with E-state index in [1.54, 1.807) is 4.90 Å². The van der Waals surface area contributed by atoms with Gasteiger partial charge in [0.25, 0.3) is 0 Å². The van der Waals surface area contributed by atoms with Crippen molar-refractivity contribution < 1.29 is 14.7 Å². The van der Waals surface area contributed by atoms with Crippen molar-refractivity contribution in [3.63, 3.8) is 0 Å². The molecule has 0 unspecified atom stereocenters. The topological polar surface area (TPSA) is 73.2 Å². The van der Waals surface area contributed by atoms with Gasteiger partial charge in [0, 0.05) is 20.0 Å². The number of hydrogen-bond donors (Lipinski definition) is 1. The molecule has 3 aromatic carbocycles. The number of carbonyl (C=O) groups excluding carboxylic acids is 1. The van der Waals surface area contributed by atoms with Crippen molar-refractivity contribution in [2.24, 2.45) is 5.10 Å². The van der Waals surface area contributed by atoms with Crippen molar-refractivity contribution in [2.75, 3.05) is 13.6 Å². The third-order valence-corrected chi connectivity index (χ3v) is 7.03. The molecule has 0 fully saturated rings. The zero-order valence-corrected chi connectivity index (χ0v) is 24.8. The van der Waals surface area contributed by atoms with E-state index in [2.05, 4.69) is 70.2 Å². The van der Waals surface area contributed by atoms with E-state index >= 15 is 0 Å². The Hall–Kier alpha value is -3.93. The molecule has 212 valence electrons. The summed E-state index contributed by atoms with van der Waals surface area (Å²) in [5, 5.41) is 15.8. The molecule has 0 atom stereocenters. The van der Waals surface area contributed by atoms with Crippen LogP contribution in [0, 0.1) is 6.92 Å². The maximum Gasteiger partial charge on any atom is 0.307 e. The Balaban J connectivity index is 1.64. The summed E-state index contributed by atoms with van der Waals surface area (Å²) < 4.78 is 0. The molecule has 40 heavy (non-hydrogen) atoms. The highest BCUT2D eigenvalue weighted by Gasteiger charge is 2.17. The maximum atomic E-state index is 11.8. The van der Waals surface area contributed by atoms with Gasteiger partial charge < -0.3 is 10.0 Å². The quantitative estimate of drug-likeness (QED) is 0.118. The fourth-order valence-electron chi connectivity index (χ4n) is 5.08.